The molecule has 16 nitrogen and oxygen atoms in total. The molecule has 0 radical (unpaired) electrons. The molecule has 6 aromatic rings. The molecule has 6 aromatic carbocycles. The van der Waals surface area contributed by atoms with Gasteiger partial charge in [-0.2, -0.15) is 16.8 Å². The lowest BCUT2D eigenvalue weighted by Crippen LogP contribution is -2.20. The second-order valence-electron chi connectivity index (χ2n) is 17.2. The highest BCUT2D eigenvalue weighted by Gasteiger charge is 2.39. The van der Waals surface area contributed by atoms with Crippen LogP contribution in [0.3, 0.4) is 0 Å². The highest BCUT2D eigenvalue weighted by molar-refractivity contribution is 7.86. The number of hydrogen-bond donors (Lipinski definition) is 10. The molecule has 0 spiro atoms. The molecular weight excluding hydrogens is 917 g/mol. The Hall–Kier alpha value is -7.64. The summed E-state index contributed by atoms with van der Waals surface area (Å²) < 4.78 is 68.9. The third-order valence-corrected chi connectivity index (χ3v) is 14.0. The molecule has 0 aromatic heterocycles. The van der Waals surface area contributed by atoms with Crippen molar-refractivity contribution in [2.75, 3.05) is 10.6 Å². The van der Waals surface area contributed by atoms with Crippen molar-refractivity contribution in [1.82, 2.24) is 0 Å². The van der Waals surface area contributed by atoms with Gasteiger partial charge in [0.2, 0.25) is 11.6 Å². The van der Waals surface area contributed by atoms with Gasteiger partial charge in [0.15, 0.2) is 11.5 Å². The summed E-state index contributed by atoms with van der Waals surface area (Å²) >= 11 is 0. The number of carbonyl (C=O) groups excluding carboxylic acids is 2. The molecule has 0 bridgehead atoms. The van der Waals surface area contributed by atoms with E-state index in [1.165, 1.54) is 36.4 Å². The van der Waals surface area contributed by atoms with Crippen LogP contribution in [0.5, 0.6) is 23.0 Å². The van der Waals surface area contributed by atoms with E-state index in [2.05, 4.69) is 10.6 Å². The Labute approximate surface area is 389 Å². The predicted molar refractivity (Wildman–Crippen MR) is 258 cm³/mol. The number of aliphatic hydroxyl groups is 2. The van der Waals surface area contributed by atoms with Gasteiger partial charge in [-0.05, 0) is 47.9 Å². The molecule has 2 aliphatic rings. The van der Waals surface area contributed by atoms with Crippen molar-refractivity contribution in [1.29, 1.82) is 0 Å². The van der Waals surface area contributed by atoms with Crippen molar-refractivity contribution in [2.45, 2.75) is 51.3 Å². The van der Waals surface area contributed by atoms with Gasteiger partial charge in [-0.25, -0.2) is 0 Å². The van der Waals surface area contributed by atoms with Crippen LogP contribution in [0.4, 0.5) is 11.4 Å². The largest absolute Gasteiger partial charge is 0.507 e. The van der Waals surface area contributed by atoms with E-state index >= 15 is 0 Å². The van der Waals surface area contributed by atoms with Gasteiger partial charge in [0.1, 0.15) is 32.8 Å². The normalized spacial score (nSPS) is 15.6. The van der Waals surface area contributed by atoms with E-state index in [-0.39, 0.29) is 88.6 Å². The minimum atomic E-state index is -4.80. The number of hydrogen-bond acceptors (Lipinski definition) is 14. The molecule has 0 heterocycles. The van der Waals surface area contributed by atoms with Crippen LogP contribution in [0.1, 0.15) is 61.1 Å². The molecule has 68 heavy (non-hydrogen) atoms. The van der Waals surface area contributed by atoms with Crippen molar-refractivity contribution in [3.05, 3.63) is 130 Å². The fourth-order valence-corrected chi connectivity index (χ4v) is 10.7. The number of aromatic hydroxyl groups is 4. The molecule has 0 aliphatic heterocycles. The monoisotopic (exact) mass is 960 g/mol. The summed E-state index contributed by atoms with van der Waals surface area (Å²) in [5.41, 5.74) is 0.598. The van der Waals surface area contributed by atoms with Crippen LogP contribution in [0.15, 0.2) is 107 Å². The molecule has 0 saturated heterocycles. The first-order valence-electron chi connectivity index (χ1n) is 20.9. The minimum absolute atomic E-state index is 0.00428. The second-order valence-corrected chi connectivity index (χ2v) is 19.9. The number of phenols is 4. The summed E-state index contributed by atoms with van der Waals surface area (Å²) in [6.07, 6.45) is 2.24. The number of carbonyl (C=O) groups is 2. The number of nitrogens with one attached hydrogen (secondary N) is 2. The van der Waals surface area contributed by atoms with Crippen LogP contribution in [-0.2, 0) is 29.8 Å². The molecule has 0 saturated carbocycles. The first-order valence-corrected chi connectivity index (χ1v) is 23.8. The predicted octanol–water partition coefficient (Wildman–Crippen LogP) is 9.51. The van der Waals surface area contributed by atoms with Gasteiger partial charge >= 0.3 is 0 Å². The maximum absolute atomic E-state index is 14.2. The number of ketones is 2. The fourth-order valence-electron chi connectivity index (χ4n) is 9.30. The van der Waals surface area contributed by atoms with Crippen molar-refractivity contribution in [3.63, 3.8) is 0 Å². The molecule has 0 unspecified atom stereocenters. The minimum Gasteiger partial charge on any atom is -0.507 e. The summed E-state index contributed by atoms with van der Waals surface area (Å²) in [4.78, 5) is 27.3. The van der Waals surface area contributed by atoms with Gasteiger partial charge in [-0.3, -0.25) is 18.7 Å². The van der Waals surface area contributed by atoms with Crippen molar-refractivity contribution in [2.24, 2.45) is 11.8 Å². The average Bonchev–Trinajstić information content (AvgIpc) is 3.25. The van der Waals surface area contributed by atoms with Gasteiger partial charge in [0, 0.05) is 79.5 Å². The molecule has 10 N–H and O–H groups in total. The van der Waals surface area contributed by atoms with Gasteiger partial charge < -0.3 is 41.3 Å². The summed E-state index contributed by atoms with van der Waals surface area (Å²) in [7, 11) is -9.61. The number of anilines is 2. The van der Waals surface area contributed by atoms with Crippen LogP contribution in [0.25, 0.3) is 55.0 Å². The summed E-state index contributed by atoms with van der Waals surface area (Å²) in [6, 6.07) is 16.7. The average molecular weight is 961 g/mol. The first-order chi connectivity index (χ1) is 31.9. The zero-order chi connectivity index (χ0) is 49.6. The summed E-state index contributed by atoms with van der Waals surface area (Å²) in [6.45, 7) is 10.2. The summed E-state index contributed by atoms with van der Waals surface area (Å²) in [5, 5.41) is 76.2. The van der Waals surface area contributed by atoms with Crippen LogP contribution in [0.2, 0.25) is 0 Å². The van der Waals surface area contributed by atoms with Crippen LogP contribution in [-0.4, -0.2) is 68.1 Å². The van der Waals surface area contributed by atoms with E-state index < -0.39 is 87.9 Å². The van der Waals surface area contributed by atoms with Crippen LogP contribution >= 0.6 is 0 Å². The molecule has 0 amide bonds. The number of rotatable bonds is 9. The molecule has 350 valence electrons. The number of benzene rings is 6. The Kier molecular flexibility index (Phi) is 11.4. The standard InChI is InChI=1S/C50H44N2O14S2/c1-21(2)37-29-15-23(5)39(47(57)41(29)31(45(55)49(37)59)19-51-43-27-13-9-7-11-25(27)35(17-33(43)53)67(61,62)63)40-24(6)16-30-38(22(3)4)50(60)46(56)32(42(30)48(40)58)20-52-44-28-14-10-8-12-26(28)36(18-34(44)54)68(64,65)66/h7-22,51-54,57-60H,1-6H3,(H,61,62,63)(H,64,65,66)/b31-19-,32-20?. The fraction of sp³-hybridized carbons (Fsp3) is 0.160. The van der Waals surface area contributed by atoms with Crippen LogP contribution < -0.4 is 10.6 Å². The van der Waals surface area contributed by atoms with Gasteiger partial charge in [-0.15, -0.1) is 0 Å². The molecule has 18 heteroatoms. The van der Waals surface area contributed by atoms with E-state index in [9.17, 15) is 66.2 Å². The lowest BCUT2D eigenvalue weighted by molar-refractivity contribution is -0.113. The van der Waals surface area contributed by atoms with Crippen LogP contribution in [0, 0.1) is 25.7 Å². The second kappa shape index (κ2) is 16.6. The third-order valence-electron chi connectivity index (χ3n) is 12.2. The lowest BCUT2D eigenvalue weighted by Gasteiger charge is -2.29. The topological polar surface area (TPSA) is 288 Å². The van der Waals surface area contributed by atoms with Crippen molar-refractivity contribution in [3.8, 4) is 34.1 Å². The Morgan fingerprint density at radius 3 is 1.13 bits per heavy atom. The maximum atomic E-state index is 14.2. The Morgan fingerprint density at radius 2 is 0.824 bits per heavy atom. The van der Waals surface area contributed by atoms with E-state index in [4.69, 9.17) is 0 Å². The maximum Gasteiger partial charge on any atom is 0.295 e. The smallest absolute Gasteiger partial charge is 0.295 e. The van der Waals surface area contributed by atoms with E-state index in [1.54, 1.807) is 65.8 Å². The van der Waals surface area contributed by atoms with Gasteiger partial charge in [0.05, 0.1) is 22.5 Å². The number of aryl methyl sites for hydroxylation is 2. The molecule has 2 aliphatic carbocycles. The zero-order valence-electron chi connectivity index (χ0n) is 37.1. The lowest BCUT2D eigenvalue weighted by atomic mass is 9.75. The molecule has 0 fully saturated rings. The highest BCUT2D eigenvalue weighted by atomic mass is 32.2. The first kappa shape index (κ1) is 46.9. The van der Waals surface area contributed by atoms with E-state index in [0.717, 1.165) is 24.5 Å². The number of phenolic OH excluding ortho intramolecular Hbond substituents is 4. The third kappa shape index (κ3) is 7.47. The Bertz CT molecular complexity index is 3400. The molecule has 8 rings (SSSR count). The highest BCUT2D eigenvalue weighted by Crippen LogP contribution is 2.54. The molecule has 0 atom stereocenters. The number of allylic oxidation sites excluding steroid dienone is 4. The van der Waals surface area contributed by atoms with E-state index in [1.807, 2.05) is 0 Å². The van der Waals surface area contributed by atoms with Crippen molar-refractivity contribution >= 4 is 87.0 Å². The quantitative estimate of drug-likeness (QED) is 0.0367. The Balaban J connectivity index is 1.36. The Morgan fingerprint density at radius 1 is 0.500 bits per heavy atom. The van der Waals surface area contributed by atoms with Gasteiger partial charge in [0.25, 0.3) is 20.2 Å². The molecular formula is C50H44N2O14S2. The number of aliphatic hydroxyl groups excluding tert-OH is 2. The SMILES string of the molecule is Cc1cc2c(c(O)c1-c1c(C)cc3c(c1O)/C(=C/Nc1c(O)cc(S(=O)(=O)O)c4ccccc14)C(=O)C(O)=C3C(C)C)C(=CNc1c(O)cc(S(=O)(=O)O)c3ccccc13)C(=O)C(O)=C2C(C)C. The summed E-state index contributed by atoms with van der Waals surface area (Å²) in [5.74, 6) is -6.41. The number of Topliss-reactive ketones (excluding diaryl/α,β-unsaturated/α-hetero) is 2. The van der Waals surface area contributed by atoms with Gasteiger partial charge in [-0.1, -0.05) is 88.4 Å². The number of fused-ring (bicyclic) bond motifs is 4. The van der Waals surface area contributed by atoms with E-state index in [0.29, 0.717) is 11.1 Å². The van der Waals surface area contributed by atoms with Crippen molar-refractivity contribution < 1.29 is 66.2 Å². The zero-order valence-corrected chi connectivity index (χ0v) is 38.7.